The molecule has 4 heteroatoms. The molecule has 3 aromatic rings. The predicted molar refractivity (Wildman–Crippen MR) is 112 cm³/mol. The number of aryl methyl sites for hydroxylation is 1. The Hall–Kier alpha value is -2.36. The van der Waals surface area contributed by atoms with Gasteiger partial charge in [-0.3, -0.25) is 4.98 Å². The van der Waals surface area contributed by atoms with Crippen LogP contribution in [0.2, 0.25) is 0 Å². The lowest BCUT2D eigenvalue weighted by atomic mass is 10.0. The van der Waals surface area contributed by atoms with Gasteiger partial charge in [0.25, 0.3) is 0 Å². The molecule has 4 rings (SSSR count). The Balaban J connectivity index is 0.00000196. The standard InChI is InChI=1S/C22H22N2O.ClH/c1-17-16-23-20(15-22(17)24-11-13-25-14-12-24)10-9-19-7-4-6-18-5-2-3-8-21(18)19;/h2-10,15-16H,11-14H2,1H3;1H/b10-9-;. The van der Waals surface area contributed by atoms with E-state index in [9.17, 15) is 0 Å². The van der Waals surface area contributed by atoms with Crippen LogP contribution in [0.15, 0.2) is 54.7 Å². The molecule has 1 aromatic heterocycles. The van der Waals surface area contributed by atoms with Gasteiger partial charge in [0.05, 0.1) is 18.9 Å². The minimum atomic E-state index is 0. The Morgan fingerprint density at radius 1 is 1.00 bits per heavy atom. The van der Waals surface area contributed by atoms with Gasteiger partial charge >= 0.3 is 0 Å². The van der Waals surface area contributed by atoms with Crippen LogP contribution in [0.25, 0.3) is 22.9 Å². The molecule has 0 saturated carbocycles. The zero-order valence-corrected chi connectivity index (χ0v) is 15.7. The minimum Gasteiger partial charge on any atom is -0.378 e. The lowest BCUT2D eigenvalue weighted by Crippen LogP contribution is -2.36. The molecule has 0 bridgehead atoms. The number of ether oxygens (including phenoxy) is 1. The molecule has 0 radical (unpaired) electrons. The second-order valence-electron chi connectivity index (χ2n) is 6.40. The zero-order valence-electron chi connectivity index (χ0n) is 14.9. The Bertz CT molecular complexity index is 912. The van der Waals surface area contributed by atoms with Crippen molar-refractivity contribution in [2.45, 2.75) is 6.92 Å². The van der Waals surface area contributed by atoms with Crippen molar-refractivity contribution in [2.24, 2.45) is 0 Å². The van der Waals surface area contributed by atoms with E-state index >= 15 is 0 Å². The highest BCUT2D eigenvalue weighted by atomic mass is 35.5. The number of benzene rings is 2. The third kappa shape index (κ3) is 3.90. The normalized spacial score (nSPS) is 14.6. The predicted octanol–water partition coefficient (Wildman–Crippen LogP) is 4.97. The second kappa shape index (κ2) is 8.35. The maximum absolute atomic E-state index is 5.47. The van der Waals surface area contributed by atoms with E-state index in [1.807, 2.05) is 6.20 Å². The van der Waals surface area contributed by atoms with Crippen molar-refractivity contribution in [3.8, 4) is 0 Å². The number of hydrogen-bond acceptors (Lipinski definition) is 3. The lowest BCUT2D eigenvalue weighted by molar-refractivity contribution is 0.122. The van der Waals surface area contributed by atoms with E-state index in [0.29, 0.717) is 0 Å². The van der Waals surface area contributed by atoms with Gasteiger partial charge in [0.2, 0.25) is 0 Å². The molecule has 0 amide bonds. The summed E-state index contributed by atoms with van der Waals surface area (Å²) in [5.41, 5.74) is 4.67. The summed E-state index contributed by atoms with van der Waals surface area (Å²) < 4.78 is 5.47. The van der Waals surface area contributed by atoms with E-state index in [-0.39, 0.29) is 12.4 Å². The minimum absolute atomic E-state index is 0. The molecule has 3 nitrogen and oxygen atoms in total. The molecule has 0 unspecified atom stereocenters. The van der Waals surface area contributed by atoms with Crippen LogP contribution in [0.4, 0.5) is 5.69 Å². The van der Waals surface area contributed by atoms with Crippen molar-refractivity contribution in [1.29, 1.82) is 0 Å². The highest BCUT2D eigenvalue weighted by Gasteiger charge is 2.13. The summed E-state index contributed by atoms with van der Waals surface area (Å²) in [5, 5.41) is 2.53. The van der Waals surface area contributed by atoms with Crippen LogP contribution in [0, 0.1) is 6.92 Å². The van der Waals surface area contributed by atoms with Gasteiger partial charge < -0.3 is 9.64 Å². The Morgan fingerprint density at radius 2 is 1.77 bits per heavy atom. The SMILES string of the molecule is Cc1cnc(/C=C\c2cccc3ccccc23)cc1N1CCOCC1.Cl. The van der Waals surface area contributed by atoms with Gasteiger partial charge in [-0.25, -0.2) is 0 Å². The average Bonchev–Trinajstić information content (AvgIpc) is 2.68. The van der Waals surface area contributed by atoms with E-state index in [2.05, 4.69) is 77.5 Å². The molecular formula is C22H23ClN2O. The van der Waals surface area contributed by atoms with Gasteiger partial charge in [-0.1, -0.05) is 48.5 Å². The molecule has 1 aliphatic heterocycles. The summed E-state index contributed by atoms with van der Waals surface area (Å²) in [6, 6.07) is 17.0. The molecule has 1 fully saturated rings. The average molecular weight is 367 g/mol. The highest BCUT2D eigenvalue weighted by Crippen LogP contribution is 2.24. The van der Waals surface area contributed by atoms with Crippen LogP contribution in [0.1, 0.15) is 16.8 Å². The van der Waals surface area contributed by atoms with Crippen LogP contribution in [0.5, 0.6) is 0 Å². The Kier molecular flexibility index (Phi) is 5.92. The van der Waals surface area contributed by atoms with Crippen molar-refractivity contribution in [3.63, 3.8) is 0 Å². The molecule has 134 valence electrons. The highest BCUT2D eigenvalue weighted by molar-refractivity contribution is 5.92. The Morgan fingerprint density at radius 3 is 2.62 bits per heavy atom. The van der Waals surface area contributed by atoms with E-state index in [0.717, 1.165) is 32.0 Å². The van der Waals surface area contributed by atoms with Crippen molar-refractivity contribution >= 4 is 41.0 Å². The number of pyridine rings is 1. The van der Waals surface area contributed by atoms with Crippen molar-refractivity contribution in [3.05, 3.63) is 71.5 Å². The molecule has 0 spiro atoms. The number of fused-ring (bicyclic) bond motifs is 1. The summed E-state index contributed by atoms with van der Waals surface area (Å²) in [7, 11) is 0. The van der Waals surface area contributed by atoms with Crippen LogP contribution in [-0.2, 0) is 4.74 Å². The largest absolute Gasteiger partial charge is 0.378 e. The van der Waals surface area contributed by atoms with E-state index in [4.69, 9.17) is 4.74 Å². The maximum Gasteiger partial charge on any atom is 0.0650 e. The van der Waals surface area contributed by atoms with Crippen LogP contribution in [-0.4, -0.2) is 31.3 Å². The fourth-order valence-corrected chi connectivity index (χ4v) is 3.34. The summed E-state index contributed by atoms with van der Waals surface area (Å²) >= 11 is 0. The molecular weight excluding hydrogens is 344 g/mol. The molecule has 26 heavy (non-hydrogen) atoms. The zero-order chi connectivity index (χ0) is 17.1. The molecule has 1 saturated heterocycles. The third-order valence-electron chi connectivity index (χ3n) is 4.70. The number of rotatable bonds is 3. The van der Waals surface area contributed by atoms with Gasteiger partial charge in [0.1, 0.15) is 0 Å². The van der Waals surface area contributed by atoms with Gasteiger partial charge in [-0.15, -0.1) is 12.4 Å². The van der Waals surface area contributed by atoms with Crippen molar-refractivity contribution in [2.75, 3.05) is 31.2 Å². The lowest BCUT2D eigenvalue weighted by Gasteiger charge is -2.30. The summed E-state index contributed by atoms with van der Waals surface area (Å²) in [6.45, 7) is 5.59. The smallest absolute Gasteiger partial charge is 0.0650 e. The topological polar surface area (TPSA) is 25.4 Å². The van der Waals surface area contributed by atoms with Crippen molar-refractivity contribution < 1.29 is 4.74 Å². The van der Waals surface area contributed by atoms with Crippen molar-refractivity contribution in [1.82, 2.24) is 4.98 Å². The number of anilines is 1. The molecule has 0 atom stereocenters. The fraction of sp³-hybridized carbons (Fsp3) is 0.227. The van der Waals surface area contributed by atoms with Crippen LogP contribution in [0.3, 0.4) is 0 Å². The Labute approximate surface area is 160 Å². The molecule has 2 aromatic carbocycles. The van der Waals surface area contributed by atoms with Gasteiger partial charge in [0.15, 0.2) is 0 Å². The first-order valence-electron chi connectivity index (χ1n) is 8.76. The van der Waals surface area contributed by atoms with Crippen LogP contribution < -0.4 is 4.90 Å². The number of halogens is 1. The first kappa shape index (κ1) is 18.4. The van der Waals surface area contributed by atoms with E-state index in [1.165, 1.54) is 27.6 Å². The third-order valence-corrected chi connectivity index (χ3v) is 4.70. The maximum atomic E-state index is 5.47. The number of aromatic nitrogens is 1. The summed E-state index contributed by atoms with van der Waals surface area (Å²) in [5.74, 6) is 0. The summed E-state index contributed by atoms with van der Waals surface area (Å²) in [4.78, 5) is 6.97. The molecule has 1 aliphatic rings. The second-order valence-corrected chi connectivity index (χ2v) is 6.40. The molecule has 0 N–H and O–H groups in total. The monoisotopic (exact) mass is 366 g/mol. The van der Waals surface area contributed by atoms with Gasteiger partial charge in [0, 0.05) is 25.0 Å². The molecule has 0 aliphatic carbocycles. The fourth-order valence-electron chi connectivity index (χ4n) is 3.34. The molecule has 2 heterocycles. The number of morpholine rings is 1. The van der Waals surface area contributed by atoms with Gasteiger partial charge in [-0.2, -0.15) is 0 Å². The van der Waals surface area contributed by atoms with Crippen LogP contribution >= 0.6 is 12.4 Å². The van der Waals surface area contributed by atoms with Gasteiger partial charge in [-0.05, 0) is 41.0 Å². The first-order chi connectivity index (χ1) is 12.3. The first-order valence-corrected chi connectivity index (χ1v) is 8.76. The number of hydrogen-bond donors (Lipinski definition) is 0. The number of nitrogens with zero attached hydrogens (tertiary/aromatic N) is 2. The van der Waals surface area contributed by atoms with E-state index in [1.54, 1.807) is 0 Å². The quantitative estimate of drug-likeness (QED) is 0.654. The summed E-state index contributed by atoms with van der Waals surface area (Å²) in [6.07, 6.45) is 6.22. The van der Waals surface area contributed by atoms with E-state index < -0.39 is 0 Å².